The maximum atomic E-state index is 10.5. The molecule has 0 saturated carbocycles. The molecular weight excluding hydrogens is 576 g/mol. The van der Waals surface area contributed by atoms with Crippen LogP contribution in [-0.4, -0.2) is 112 Å². The van der Waals surface area contributed by atoms with Gasteiger partial charge in [0.1, 0.15) is 42.4 Å². The van der Waals surface area contributed by atoms with Crippen molar-refractivity contribution in [3.63, 3.8) is 0 Å². The number of rotatable bonds is 5. The van der Waals surface area contributed by atoms with Gasteiger partial charge in [0.05, 0.1) is 23.7 Å². The Morgan fingerprint density at radius 2 is 1.79 bits per heavy atom. The van der Waals surface area contributed by atoms with Crippen LogP contribution in [0.2, 0.25) is 0 Å². The molecule has 9 atom stereocenters. The summed E-state index contributed by atoms with van der Waals surface area (Å²) in [5, 5.41) is 48.1. The van der Waals surface area contributed by atoms with Crippen molar-refractivity contribution in [3.05, 3.63) is 11.8 Å². The molecule has 1 amide bonds. The first-order valence-electron chi connectivity index (χ1n) is 9.35. The summed E-state index contributed by atoms with van der Waals surface area (Å²) < 4.78 is 43.0. The Hall–Kier alpha value is 1.15. The zero-order valence-corrected chi connectivity index (χ0v) is 24.2. The Balaban J connectivity index is 0.000000816. The number of alkyl halides is 3. The number of ether oxygens (including phenoxy) is 3. The first-order valence-corrected chi connectivity index (χ1v) is 12.3. The van der Waals surface area contributed by atoms with Crippen molar-refractivity contribution < 1.29 is 110 Å². The molecule has 2 saturated heterocycles. The zero-order valence-electron chi connectivity index (χ0n) is 19.0. The molecule has 34 heavy (non-hydrogen) atoms. The molecular formula is C16H25Cl3KNO12S. The minimum atomic E-state index is -3.85. The van der Waals surface area contributed by atoms with Crippen LogP contribution < -0.4 is 56.1 Å². The molecule has 0 spiro atoms. The summed E-state index contributed by atoms with van der Waals surface area (Å²) in [6.07, 6.45) is -8.34. The van der Waals surface area contributed by atoms with E-state index in [0.29, 0.717) is 0 Å². The van der Waals surface area contributed by atoms with Gasteiger partial charge in [-0.2, -0.15) is 8.42 Å². The molecule has 13 nitrogen and oxygen atoms in total. The van der Waals surface area contributed by atoms with Gasteiger partial charge in [0.2, 0.25) is 5.79 Å². The Labute approximate surface area is 254 Å². The third kappa shape index (κ3) is 7.83. The molecule has 3 aliphatic rings. The molecule has 0 aromatic heterocycles. The molecule has 0 aliphatic carbocycles. The van der Waals surface area contributed by atoms with Crippen molar-refractivity contribution in [2.75, 3.05) is 18.4 Å². The smallest absolute Gasteiger partial charge is 1.00 e. The Morgan fingerprint density at radius 1 is 1.18 bits per heavy atom. The van der Waals surface area contributed by atoms with Crippen LogP contribution in [0.4, 0.5) is 0 Å². The van der Waals surface area contributed by atoms with E-state index in [4.69, 9.17) is 49.0 Å². The number of nitrogens with one attached hydrogen (secondary N) is 1. The molecule has 6 N–H and O–H groups in total. The molecule has 3 heterocycles. The summed E-state index contributed by atoms with van der Waals surface area (Å²) in [6.45, 7) is 0.859. The zero-order chi connectivity index (χ0) is 25.1. The number of allylic oxidation sites excluding steroid dienone is 1. The molecule has 0 radical (unpaired) electrons. The summed E-state index contributed by atoms with van der Waals surface area (Å²) in [4.78, 5) is 10.4. The first kappa shape index (κ1) is 33.2. The average molecular weight is 601 g/mol. The Morgan fingerprint density at radius 3 is 2.24 bits per heavy atom. The molecule has 2 fully saturated rings. The van der Waals surface area contributed by atoms with Crippen LogP contribution >= 0.6 is 34.8 Å². The largest absolute Gasteiger partial charge is 1.00 e. The molecule has 194 valence electrons. The number of carbonyl (C=O) groups excluding carboxylic acids is 1. The van der Waals surface area contributed by atoms with E-state index >= 15 is 0 Å². The number of hydrogen-bond acceptors (Lipinski definition) is 12. The Kier molecular flexibility index (Phi) is 13.5. The van der Waals surface area contributed by atoms with E-state index < -0.39 is 82.8 Å². The minimum Gasteiger partial charge on any atom is -1.00 e. The van der Waals surface area contributed by atoms with Gasteiger partial charge in [0.15, 0.2) is 6.29 Å². The average Bonchev–Trinajstić information content (AvgIpc) is 2.97. The maximum Gasteiger partial charge on any atom is 1.00 e. The van der Waals surface area contributed by atoms with Gasteiger partial charge in [-0.1, -0.05) is 0 Å². The normalized spacial score (nSPS) is 41.2. The summed E-state index contributed by atoms with van der Waals surface area (Å²) in [5.41, 5.74) is 0. The number of hydrogen-bond donors (Lipinski definition) is 6. The fraction of sp³-hybridized carbons (Fsp3) is 0.812. The van der Waals surface area contributed by atoms with E-state index in [2.05, 4.69) is 4.18 Å². The van der Waals surface area contributed by atoms with Crippen LogP contribution in [0.25, 0.3) is 0 Å². The van der Waals surface area contributed by atoms with Gasteiger partial charge in [-0.05, 0) is 6.92 Å². The van der Waals surface area contributed by atoms with E-state index in [1.807, 2.05) is 0 Å². The van der Waals surface area contributed by atoms with Crippen LogP contribution in [0.3, 0.4) is 0 Å². The fourth-order valence-corrected chi connectivity index (χ4v) is 4.67. The Bertz CT molecular complexity index is 843. The predicted molar refractivity (Wildman–Crippen MR) is 113 cm³/mol. The second-order valence-corrected chi connectivity index (χ2v) is 9.58. The molecule has 3 aliphatic heterocycles. The molecule has 0 unspecified atom stereocenters. The molecule has 0 aromatic carbocycles. The summed E-state index contributed by atoms with van der Waals surface area (Å²) in [5.74, 6) is -3.03. The van der Waals surface area contributed by atoms with Crippen molar-refractivity contribution in [2.24, 2.45) is 0 Å². The van der Waals surface area contributed by atoms with Gasteiger partial charge < -0.3 is 45.4 Å². The summed E-state index contributed by atoms with van der Waals surface area (Å²) >= 11 is 17.3. The monoisotopic (exact) mass is 599 g/mol. The van der Waals surface area contributed by atoms with Crippen molar-refractivity contribution >= 4 is 51.0 Å². The van der Waals surface area contributed by atoms with Crippen LogP contribution in [0, 0.1) is 0 Å². The van der Waals surface area contributed by atoms with Gasteiger partial charge in [0, 0.05) is 6.08 Å². The van der Waals surface area contributed by atoms with E-state index in [-0.39, 0.29) is 64.5 Å². The summed E-state index contributed by atoms with van der Waals surface area (Å²) in [6, 6.07) is 0. The first-order chi connectivity index (χ1) is 15.3. The number of aliphatic hydroxyl groups excluding tert-OH is 5. The van der Waals surface area contributed by atoms with Gasteiger partial charge in [-0.3, -0.25) is 4.79 Å². The second-order valence-electron chi connectivity index (χ2n) is 7.22. The molecule has 18 heteroatoms. The van der Waals surface area contributed by atoms with Crippen molar-refractivity contribution in [1.29, 1.82) is 0 Å². The van der Waals surface area contributed by atoms with Gasteiger partial charge in [-0.15, -0.1) is 34.8 Å². The molecule has 3 rings (SSSR count). The number of aliphatic hydroxyl groups is 5. The fourth-order valence-electron chi connectivity index (χ4n) is 3.11. The topological polar surface area (TPSA) is 201 Å². The SMILES string of the molecule is CC1=CC(=O)NS(=O)(=O)O1.OC[C@H]1O[C@H](O[C@]2(CCl)O[C@H](CCl)[C@@H](O)[C@@H]2O)[C@H](O)[C@@H](O)[C@H]1Cl.[H-].[K+]. The number of carbonyl (C=O) groups is 1. The second kappa shape index (κ2) is 13.8. The van der Waals surface area contributed by atoms with E-state index in [9.17, 15) is 38.7 Å². The van der Waals surface area contributed by atoms with Crippen molar-refractivity contribution in [1.82, 2.24) is 4.72 Å². The minimum absolute atomic E-state index is 0. The predicted octanol–water partition coefficient (Wildman–Crippen LogP) is -5.26. The summed E-state index contributed by atoms with van der Waals surface area (Å²) in [7, 11) is -3.85. The third-order valence-electron chi connectivity index (χ3n) is 4.76. The van der Waals surface area contributed by atoms with E-state index in [0.717, 1.165) is 6.08 Å². The third-order valence-corrected chi connectivity index (χ3v) is 6.91. The van der Waals surface area contributed by atoms with Crippen LogP contribution in [-0.2, 0) is 33.5 Å². The molecule has 0 aromatic rings. The molecule has 0 bridgehead atoms. The van der Waals surface area contributed by atoms with Crippen LogP contribution in [0.1, 0.15) is 8.35 Å². The quantitative estimate of drug-likeness (QED) is 0.130. The van der Waals surface area contributed by atoms with Crippen molar-refractivity contribution in [2.45, 2.75) is 61.0 Å². The number of halogens is 3. The van der Waals surface area contributed by atoms with Gasteiger partial charge >= 0.3 is 61.7 Å². The van der Waals surface area contributed by atoms with Crippen molar-refractivity contribution in [3.8, 4) is 0 Å². The maximum absolute atomic E-state index is 10.5. The number of amides is 1. The van der Waals surface area contributed by atoms with E-state index in [1.165, 1.54) is 6.92 Å². The standard InChI is InChI=1S/C12H19Cl3O8.C4H5NO4S.K.H/c13-1-4-7(17)10(20)12(3-14,22-4)23-11-9(19)8(18)6(15)5(2-16)21-11;1-3-2-4(6)5-10(7,8)9-3;;/h4-11,16-20H,1-3H2;2H,1H3,(H,5,6);;/q;;+1;-1/t4-,5-,6+,7-,8+,9-,10+,11-,12+;;;/m1.../s1. The van der Waals surface area contributed by atoms with Crippen LogP contribution in [0.5, 0.6) is 0 Å². The van der Waals surface area contributed by atoms with Crippen LogP contribution in [0.15, 0.2) is 11.8 Å². The van der Waals surface area contributed by atoms with Gasteiger partial charge in [-0.25, -0.2) is 4.72 Å². The van der Waals surface area contributed by atoms with E-state index in [1.54, 1.807) is 4.72 Å². The van der Waals surface area contributed by atoms with Gasteiger partial charge in [0.25, 0.3) is 5.91 Å².